The normalized spacial score (nSPS) is 10.7. The maximum atomic E-state index is 13.0. The van der Waals surface area contributed by atoms with Crippen LogP contribution in [-0.2, 0) is 6.54 Å². The quantitative estimate of drug-likeness (QED) is 0.738. The minimum absolute atomic E-state index is 0.263. The molecule has 90 valence electrons. The third-order valence-electron chi connectivity index (χ3n) is 2.75. The molecule has 0 radical (unpaired) electrons. The van der Waals surface area contributed by atoms with Gasteiger partial charge in [0.15, 0.2) is 0 Å². The second-order valence-corrected chi connectivity index (χ2v) is 4.09. The molecule has 0 unspecified atom stereocenters. The Kier molecular flexibility index (Phi) is 2.68. The minimum Gasteiger partial charge on any atom is -0.352 e. The zero-order valence-corrected chi connectivity index (χ0v) is 9.65. The molecule has 2 aromatic carbocycles. The van der Waals surface area contributed by atoms with Gasteiger partial charge >= 0.3 is 0 Å². The highest BCUT2D eigenvalue weighted by atomic mass is 19.1. The highest BCUT2D eigenvalue weighted by Gasteiger charge is 2.03. The molecule has 4 heteroatoms. The predicted octanol–water partition coefficient (Wildman–Crippen LogP) is 3.31. The maximum Gasteiger partial charge on any atom is 0.201 e. The number of aromatic nitrogens is 2. The lowest BCUT2D eigenvalue weighted by Gasteiger charge is -2.01. The Bertz CT molecular complexity index is 661. The van der Waals surface area contributed by atoms with Crippen LogP contribution >= 0.6 is 0 Å². The average Bonchev–Trinajstić information content (AvgIpc) is 2.79. The molecule has 0 fully saturated rings. The van der Waals surface area contributed by atoms with Crippen molar-refractivity contribution in [3.8, 4) is 0 Å². The summed E-state index contributed by atoms with van der Waals surface area (Å²) in [7, 11) is 0. The molecule has 3 nitrogen and oxygen atoms in total. The van der Waals surface area contributed by atoms with E-state index in [-0.39, 0.29) is 5.82 Å². The molecule has 0 aliphatic heterocycles. The minimum atomic E-state index is -0.263. The van der Waals surface area contributed by atoms with E-state index in [1.165, 1.54) is 17.7 Å². The van der Waals surface area contributed by atoms with Gasteiger partial charge in [0.1, 0.15) is 5.82 Å². The van der Waals surface area contributed by atoms with Gasteiger partial charge < -0.3 is 10.3 Å². The Labute approximate surface area is 104 Å². The van der Waals surface area contributed by atoms with E-state index in [0.717, 1.165) is 5.52 Å². The Balaban J connectivity index is 1.79. The summed E-state index contributed by atoms with van der Waals surface area (Å²) >= 11 is 0. The summed E-state index contributed by atoms with van der Waals surface area (Å²) < 4.78 is 13.0. The number of hydrogen-bond donors (Lipinski definition) is 2. The molecule has 3 rings (SSSR count). The van der Waals surface area contributed by atoms with Gasteiger partial charge in [-0.05, 0) is 23.8 Å². The number of benzene rings is 2. The monoisotopic (exact) mass is 241 g/mol. The molecule has 1 heterocycles. The molecular formula is C14H12FN3. The van der Waals surface area contributed by atoms with Gasteiger partial charge in [-0.25, -0.2) is 9.37 Å². The Morgan fingerprint density at radius 1 is 1.11 bits per heavy atom. The van der Waals surface area contributed by atoms with Crippen LogP contribution in [0.1, 0.15) is 5.56 Å². The first-order chi connectivity index (χ1) is 8.81. The van der Waals surface area contributed by atoms with Crippen LogP contribution in [0.4, 0.5) is 10.3 Å². The van der Waals surface area contributed by atoms with E-state index in [2.05, 4.69) is 15.3 Å². The topological polar surface area (TPSA) is 40.7 Å². The molecule has 2 N–H and O–H groups in total. The van der Waals surface area contributed by atoms with E-state index in [1.807, 2.05) is 30.3 Å². The van der Waals surface area contributed by atoms with Crippen LogP contribution in [0.3, 0.4) is 0 Å². The fraction of sp³-hybridized carbons (Fsp3) is 0.0714. The van der Waals surface area contributed by atoms with Crippen LogP contribution in [0.5, 0.6) is 0 Å². The van der Waals surface area contributed by atoms with E-state index < -0.39 is 0 Å². The summed E-state index contributed by atoms with van der Waals surface area (Å²) in [4.78, 5) is 7.38. The van der Waals surface area contributed by atoms with Crippen LogP contribution in [-0.4, -0.2) is 9.97 Å². The van der Waals surface area contributed by atoms with Gasteiger partial charge in [0.25, 0.3) is 0 Å². The summed E-state index contributed by atoms with van der Waals surface area (Å²) in [5, 5.41) is 3.18. The highest BCUT2D eigenvalue weighted by Crippen LogP contribution is 2.15. The highest BCUT2D eigenvalue weighted by molar-refractivity contribution is 5.77. The number of imidazole rings is 1. The molecule has 0 aliphatic rings. The summed E-state index contributed by atoms with van der Waals surface area (Å²) in [6, 6.07) is 14.5. The van der Waals surface area contributed by atoms with Gasteiger partial charge in [0, 0.05) is 6.54 Å². The zero-order valence-electron chi connectivity index (χ0n) is 9.65. The van der Waals surface area contributed by atoms with Crippen molar-refractivity contribution in [2.75, 3.05) is 5.32 Å². The SMILES string of the molecule is Fc1ccc2nc(NCc3ccccc3)[nH]c2c1. The second-order valence-electron chi connectivity index (χ2n) is 4.09. The Morgan fingerprint density at radius 3 is 2.78 bits per heavy atom. The number of nitrogens with zero attached hydrogens (tertiary/aromatic N) is 1. The van der Waals surface area contributed by atoms with E-state index in [1.54, 1.807) is 6.07 Å². The summed E-state index contributed by atoms with van der Waals surface area (Å²) in [5.41, 5.74) is 2.63. The summed E-state index contributed by atoms with van der Waals surface area (Å²) in [6.07, 6.45) is 0. The number of anilines is 1. The average molecular weight is 241 g/mol. The number of rotatable bonds is 3. The zero-order chi connectivity index (χ0) is 12.4. The largest absolute Gasteiger partial charge is 0.352 e. The molecule has 3 aromatic rings. The van der Waals surface area contributed by atoms with E-state index in [4.69, 9.17) is 0 Å². The van der Waals surface area contributed by atoms with Crippen molar-refractivity contribution >= 4 is 17.0 Å². The molecule has 18 heavy (non-hydrogen) atoms. The van der Waals surface area contributed by atoms with Crippen molar-refractivity contribution in [2.45, 2.75) is 6.54 Å². The number of H-pyrrole nitrogens is 1. The van der Waals surface area contributed by atoms with Crippen LogP contribution in [0.15, 0.2) is 48.5 Å². The molecular weight excluding hydrogens is 229 g/mol. The van der Waals surface area contributed by atoms with Gasteiger partial charge in [0.2, 0.25) is 5.95 Å². The number of halogens is 1. The first-order valence-electron chi connectivity index (χ1n) is 5.74. The first-order valence-corrected chi connectivity index (χ1v) is 5.74. The molecule has 0 atom stereocenters. The van der Waals surface area contributed by atoms with Gasteiger partial charge in [-0.2, -0.15) is 0 Å². The molecule has 0 bridgehead atoms. The van der Waals surface area contributed by atoms with E-state index in [0.29, 0.717) is 18.0 Å². The summed E-state index contributed by atoms with van der Waals surface area (Å²) in [5.74, 6) is 0.389. The molecule has 0 spiro atoms. The third kappa shape index (κ3) is 2.18. The molecule has 0 amide bonds. The number of hydrogen-bond acceptors (Lipinski definition) is 2. The fourth-order valence-electron chi connectivity index (χ4n) is 1.85. The van der Waals surface area contributed by atoms with Crippen molar-refractivity contribution in [1.82, 2.24) is 9.97 Å². The standard InChI is InChI=1S/C14H12FN3/c15-11-6-7-12-13(8-11)18-14(17-12)16-9-10-4-2-1-3-5-10/h1-8H,9H2,(H2,16,17,18). The van der Waals surface area contributed by atoms with Crippen LogP contribution in [0.25, 0.3) is 11.0 Å². The maximum absolute atomic E-state index is 13.0. The van der Waals surface area contributed by atoms with E-state index >= 15 is 0 Å². The fourth-order valence-corrected chi connectivity index (χ4v) is 1.85. The number of fused-ring (bicyclic) bond motifs is 1. The first kappa shape index (κ1) is 10.8. The lowest BCUT2D eigenvalue weighted by Crippen LogP contribution is -2.00. The van der Waals surface area contributed by atoms with Crippen molar-refractivity contribution in [1.29, 1.82) is 0 Å². The van der Waals surface area contributed by atoms with Crippen molar-refractivity contribution < 1.29 is 4.39 Å². The van der Waals surface area contributed by atoms with Crippen molar-refractivity contribution in [3.63, 3.8) is 0 Å². The predicted molar refractivity (Wildman–Crippen MR) is 69.8 cm³/mol. The van der Waals surface area contributed by atoms with Crippen molar-refractivity contribution in [3.05, 3.63) is 59.9 Å². The molecule has 0 saturated carbocycles. The van der Waals surface area contributed by atoms with Gasteiger partial charge in [-0.1, -0.05) is 30.3 Å². The number of nitrogens with one attached hydrogen (secondary N) is 2. The number of aromatic amines is 1. The Morgan fingerprint density at radius 2 is 1.94 bits per heavy atom. The second kappa shape index (κ2) is 4.49. The third-order valence-corrected chi connectivity index (χ3v) is 2.75. The molecule has 0 saturated heterocycles. The van der Waals surface area contributed by atoms with Gasteiger partial charge in [-0.15, -0.1) is 0 Å². The van der Waals surface area contributed by atoms with Gasteiger partial charge in [0.05, 0.1) is 11.0 Å². The van der Waals surface area contributed by atoms with Crippen LogP contribution in [0, 0.1) is 5.82 Å². The van der Waals surface area contributed by atoms with Crippen LogP contribution < -0.4 is 5.32 Å². The Hall–Kier alpha value is -2.36. The van der Waals surface area contributed by atoms with Gasteiger partial charge in [-0.3, -0.25) is 0 Å². The smallest absolute Gasteiger partial charge is 0.201 e. The van der Waals surface area contributed by atoms with Crippen LogP contribution in [0.2, 0.25) is 0 Å². The van der Waals surface area contributed by atoms with Crippen molar-refractivity contribution in [2.24, 2.45) is 0 Å². The lowest BCUT2D eigenvalue weighted by atomic mass is 10.2. The lowest BCUT2D eigenvalue weighted by molar-refractivity contribution is 0.629. The summed E-state index contributed by atoms with van der Waals surface area (Å²) in [6.45, 7) is 0.684. The molecule has 0 aliphatic carbocycles. The van der Waals surface area contributed by atoms with E-state index in [9.17, 15) is 4.39 Å². The molecule has 1 aromatic heterocycles.